The van der Waals surface area contributed by atoms with Gasteiger partial charge < -0.3 is 4.74 Å². The molecule has 0 saturated carbocycles. The van der Waals surface area contributed by atoms with Crippen molar-refractivity contribution < 1.29 is 14.3 Å². The van der Waals surface area contributed by atoms with Gasteiger partial charge in [-0.3, -0.25) is 4.79 Å². The highest BCUT2D eigenvalue weighted by atomic mass is 32.1. The molecule has 0 bridgehead atoms. The SMILES string of the molecule is O=C(OCc1ccccc1)N1CCCN1C(=O)c1csnn1. The van der Waals surface area contributed by atoms with Crippen molar-refractivity contribution >= 4 is 23.5 Å². The summed E-state index contributed by atoms with van der Waals surface area (Å²) >= 11 is 1.10. The van der Waals surface area contributed by atoms with Gasteiger partial charge in [-0.25, -0.2) is 14.8 Å². The van der Waals surface area contributed by atoms with E-state index in [1.165, 1.54) is 10.0 Å². The van der Waals surface area contributed by atoms with Crippen LogP contribution in [0, 0.1) is 0 Å². The lowest BCUT2D eigenvalue weighted by Crippen LogP contribution is -2.45. The Kier molecular flexibility index (Phi) is 4.29. The first-order valence-corrected chi connectivity index (χ1v) is 7.66. The molecule has 1 aliphatic heterocycles. The zero-order chi connectivity index (χ0) is 15.4. The van der Waals surface area contributed by atoms with Crippen LogP contribution >= 0.6 is 11.5 Å². The van der Waals surface area contributed by atoms with Gasteiger partial charge in [0.25, 0.3) is 5.91 Å². The van der Waals surface area contributed by atoms with Crippen molar-refractivity contribution in [1.29, 1.82) is 0 Å². The molecule has 1 saturated heterocycles. The molecule has 0 N–H and O–H groups in total. The van der Waals surface area contributed by atoms with Gasteiger partial charge in [-0.05, 0) is 23.5 Å². The van der Waals surface area contributed by atoms with Gasteiger partial charge in [0.15, 0.2) is 5.69 Å². The van der Waals surface area contributed by atoms with Gasteiger partial charge >= 0.3 is 6.09 Å². The summed E-state index contributed by atoms with van der Waals surface area (Å²) in [4.78, 5) is 24.5. The number of hydrogen-bond acceptors (Lipinski definition) is 6. The molecule has 22 heavy (non-hydrogen) atoms. The molecule has 8 heteroatoms. The molecule has 1 fully saturated rings. The van der Waals surface area contributed by atoms with E-state index in [9.17, 15) is 9.59 Å². The van der Waals surface area contributed by atoms with Gasteiger partial charge in [-0.15, -0.1) is 5.10 Å². The highest BCUT2D eigenvalue weighted by Crippen LogP contribution is 2.16. The van der Waals surface area contributed by atoms with Gasteiger partial charge in [-0.2, -0.15) is 0 Å². The summed E-state index contributed by atoms with van der Waals surface area (Å²) in [5, 5.41) is 8.00. The highest BCUT2D eigenvalue weighted by molar-refractivity contribution is 7.03. The number of rotatable bonds is 3. The van der Waals surface area contributed by atoms with Crippen molar-refractivity contribution in [2.45, 2.75) is 13.0 Å². The topological polar surface area (TPSA) is 75.6 Å². The molecule has 1 aromatic heterocycles. The van der Waals surface area contributed by atoms with E-state index in [2.05, 4.69) is 9.59 Å². The van der Waals surface area contributed by atoms with Crippen LogP contribution in [0.5, 0.6) is 0 Å². The summed E-state index contributed by atoms with van der Waals surface area (Å²) in [5.41, 5.74) is 1.14. The second-order valence-electron chi connectivity index (χ2n) is 4.74. The third kappa shape index (κ3) is 3.06. The van der Waals surface area contributed by atoms with Crippen LogP contribution in [0.1, 0.15) is 22.5 Å². The summed E-state index contributed by atoms with van der Waals surface area (Å²) in [5.74, 6) is -0.331. The Labute approximate surface area is 131 Å². The quantitative estimate of drug-likeness (QED) is 0.864. The summed E-state index contributed by atoms with van der Waals surface area (Å²) in [7, 11) is 0. The normalized spacial score (nSPS) is 14.2. The summed E-state index contributed by atoms with van der Waals surface area (Å²) < 4.78 is 8.94. The molecule has 0 unspecified atom stereocenters. The maximum Gasteiger partial charge on any atom is 0.429 e. The van der Waals surface area contributed by atoms with E-state index in [-0.39, 0.29) is 18.2 Å². The van der Waals surface area contributed by atoms with Crippen molar-refractivity contribution in [3.05, 3.63) is 47.0 Å². The Hall–Kier alpha value is -2.48. The molecule has 1 aliphatic rings. The van der Waals surface area contributed by atoms with Crippen LogP contribution in [0.25, 0.3) is 0 Å². The molecule has 0 spiro atoms. The minimum atomic E-state index is -0.530. The van der Waals surface area contributed by atoms with E-state index >= 15 is 0 Å². The summed E-state index contributed by atoms with van der Waals surface area (Å²) in [6.07, 6.45) is 0.182. The van der Waals surface area contributed by atoms with Gasteiger partial charge in [-0.1, -0.05) is 34.8 Å². The molecule has 3 rings (SSSR count). The van der Waals surface area contributed by atoms with Crippen molar-refractivity contribution in [2.75, 3.05) is 13.1 Å². The van der Waals surface area contributed by atoms with Crippen molar-refractivity contribution in [2.24, 2.45) is 0 Å². The van der Waals surface area contributed by atoms with Crippen LogP contribution in [0.2, 0.25) is 0 Å². The van der Waals surface area contributed by atoms with Crippen LogP contribution < -0.4 is 0 Å². The number of hydrogen-bond donors (Lipinski definition) is 0. The average Bonchev–Trinajstić information content (AvgIpc) is 3.24. The number of ether oxygens (including phenoxy) is 1. The molecular weight excluding hydrogens is 304 g/mol. The number of carbonyl (C=O) groups excluding carboxylic acids is 2. The molecule has 0 atom stereocenters. The van der Waals surface area contributed by atoms with Crippen LogP contribution in [-0.2, 0) is 11.3 Å². The predicted molar refractivity (Wildman–Crippen MR) is 78.9 cm³/mol. The maximum absolute atomic E-state index is 12.3. The molecular formula is C14H14N4O3S. The third-order valence-corrected chi connectivity index (χ3v) is 3.77. The first kappa shape index (κ1) is 14.5. The zero-order valence-electron chi connectivity index (χ0n) is 11.7. The Bertz CT molecular complexity index is 647. The molecule has 0 aliphatic carbocycles. The summed E-state index contributed by atoms with van der Waals surface area (Å²) in [6.45, 7) is 1.10. The van der Waals surface area contributed by atoms with Gasteiger partial charge in [0.2, 0.25) is 0 Å². The Morgan fingerprint density at radius 3 is 2.68 bits per heavy atom. The first-order chi connectivity index (χ1) is 10.8. The van der Waals surface area contributed by atoms with Crippen LogP contribution in [0.4, 0.5) is 4.79 Å². The fourth-order valence-electron chi connectivity index (χ4n) is 2.20. The lowest BCUT2D eigenvalue weighted by atomic mass is 10.2. The van der Waals surface area contributed by atoms with Crippen molar-refractivity contribution in [1.82, 2.24) is 19.6 Å². The van der Waals surface area contributed by atoms with Crippen LogP contribution in [0.3, 0.4) is 0 Å². The maximum atomic E-state index is 12.3. The van der Waals surface area contributed by atoms with Crippen molar-refractivity contribution in [3.63, 3.8) is 0 Å². The molecule has 2 aromatic rings. The molecule has 0 radical (unpaired) electrons. The highest BCUT2D eigenvalue weighted by Gasteiger charge is 2.33. The third-order valence-electron chi connectivity index (χ3n) is 3.26. The average molecular weight is 318 g/mol. The van der Waals surface area contributed by atoms with Gasteiger partial charge in [0, 0.05) is 18.5 Å². The largest absolute Gasteiger partial charge is 0.443 e. The van der Waals surface area contributed by atoms with E-state index in [1.54, 1.807) is 5.38 Å². The van der Waals surface area contributed by atoms with E-state index in [1.807, 2.05) is 30.3 Å². The Morgan fingerprint density at radius 2 is 1.95 bits per heavy atom. The Balaban J connectivity index is 1.62. The fourth-order valence-corrected chi connectivity index (χ4v) is 2.63. The molecule has 114 valence electrons. The first-order valence-electron chi connectivity index (χ1n) is 6.83. The number of hydrazine groups is 1. The molecule has 2 heterocycles. The van der Waals surface area contributed by atoms with Crippen LogP contribution in [0.15, 0.2) is 35.7 Å². The minimum Gasteiger partial charge on any atom is -0.443 e. The molecule has 1 aromatic carbocycles. The second-order valence-corrected chi connectivity index (χ2v) is 5.35. The zero-order valence-corrected chi connectivity index (χ0v) is 12.5. The van der Waals surface area contributed by atoms with E-state index < -0.39 is 6.09 Å². The van der Waals surface area contributed by atoms with E-state index in [4.69, 9.17) is 4.74 Å². The second kappa shape index (κ2) is 6.52. The number of amides is 2. The van der Waals surface area contributed by atoms with Crippen LogP contribution in [-0.4, -0.2) is 44.7 Å². The Morgan fingerprint density at radius 1 is 1.18 bits per heavy atom. The summed E-state index contributed by atoms with van der Waals surface area (Å²) in [6, 6.07) is 9.41. The number of nitrogens with zero attached hydrogens (tertiary/aromatic N) is 4. The monoisotopic (exact) mass is 318 g/mol. The van der Waals surface area contributed by atoms with E-state index in [0.717, 1.165) is 17.1 Å². The van der Waals surface area contributed by atoms with Gasteiger partial charge in [0.05, 0.1) is 0 Å². The number of aromatic nitrogens is 2. The smallest absolute Gasteiger partial charge is 0.429 e. The lowest BCUT2D eigenvalue weighted by Gasteiger charge is -2.26. The van der Waals surface area contributed by atoms with E-state index in [0.29, 0.717) is 19.5 Å². The minimum absolute atomic E-state index is 0.177. The van der Waals surface area contributed by atoms with Gasteiger partial charge in [0.1, 0.15) is 6.61 Å². The molecule has 2 amide bonds. The lowest BCUT2D eigenvalue weighted by molar-refractivity contribution is 0.0107. The fraction of sp³-hybridized carbons (Fsp3) is 0.286. The molecule has 7 nitrogen and oxygen atoms in total. The van der Waals surface area contributed by atoms with Crippen molar-refractivity contribution in [3.8, 4) is 0 Å². The predicted octanol–water partition coefficient (Wildman–Crippen LogP) is 1.94. The standard InChI is InChI=1S/C14H14N4O3S/c19-13(12-10-22-16-15-12)17-7-4-8-18(17)14(20)21-9-11-5-2-1-3-6-11/h1-3,5-6,10H,4,7-9H2. The number of carbonyl (C=O) groups is 2. The number of benzene rings is 1.